The number of furan rings is 1. The van der Waals surface area contributed by atoms with Gasteiger partial charge in [-0.05, 0) is 24.6 Å². The van der Waals surface area contributed by atoms with E-state index >= 15 is 0 Å². The molecule has 9 heteroatoms. The fourth-order valence-electron chi connectivity index (χ4n) is 2.53. The van der Waals surface area contributed by atoms with Crippen molar-refractivity contribution in [1.29, 1.82) is 0 Å². The number of anilines is 1. The monoisotopic (exact) mass is 359 g/mol. The van der Waals surface area contributed by atoms with Gasteiger partial charge in [0, 0.05) is 25.8 Å². The molecule has 3 N–H and O–H groups in total. The van der Waals surface area contributed by atoms with Gasteiger partial charge in [0.15, 0.2) is 0 Å². The van der Waals surface area contributed by atoms with Crippen molar-refractivity contribution < 1.29 is 18.7 Å². The molecule has 0 radical (unpaired) electrons. The number of nitrogens with one attached hydrogen (secondary N) is 3. The van der Waals surface area contributed by atoms with Crippen molar-refractivity contribution >= 4 is 17.8 Å². The number of carbonyl (C=O) groups excluding carboxylic acids is 2. The van der Waals surface area contributed by atoms with Gasteiger partial charge in [-0.2, -0.15) is 0 Å². The summed E-state index contributed by atoms with van der Waals surface area (Å²) in [5.74, 6) is 0.934. The molecule has 0 atom stereocenters. The lowest BCUT2D eigenvalue weighted by Crippen LogP contribution is -2.46. The molecule has 0 bridgehead atoms. The topological polar surface area (TPSA) is 109 Å². The van der Waals surface area contributed by atoms with Crippen molar-refractivity contribution in [2.45, 2.75) is 13.5 Å². The molecule has 3 amide bonds. The molecule has 1 aliphatic rings. The second-order valence-corrected chi connectivity index (χ2v) is 5.78. The summed E-state index contributed by atoms with van der Waals surface area (Å²) in [6.07, 6.45) is 3.14. The third-order valence-corrected chi connectivity index (χ3v) is 3.99. The molecule has 1 saturated heterocycles. The Bertz CT molecular complexity index is 753. The Morgan fingerprint density at radius 2 is 2.00 bits per heavy atom. The lowest BCUT2D eigenvalue weighted by atomic mass is 10.2. The molecular weight excluding hydrogens is 338 g/mol. The molecule has 0 aromatic carbocycles. The van der Waals surface area contributed by atoms with Crippen molar-refractivity contribution in [2.75, 3.05) is 31.2 Å². The van der Waals surface area contributed by atoms with E-state index in [1.165, 1.54) is 12.3 Å². The number of amides is 3. The molecule has 3 heterocycles. The van der Waals surface area contributed by atoms with Crippen LogP contribution in [-0.2, 0) is 11.3 Å². The number of aryl methyl sites for hydroxylation is 1. The number of pyridine rings is 1. The predicted octanol–water partition coefficient (Wildman–Crippen LogP) is 0.964. The first kappa shape index (κ1) is 17.7. The Labute approximate surface area is 150 Å². The van der Waals surface area contributed by atoms with E-state index in [1.807, 2.05) is 12.1 Å². The van der Waals surface area contributed by atoms with Crippen LogP contribution in [0.5, 0.6) is 0 Å². The standard InChI is InChI=1S/C17H21N5O4/c1-12-14(4-7-26-12)16(23)20-21-17(24)19-11-13-2-3-15(18-10-13)22-5-8-25-9-6-22/h2-4,7,10H,5-6,8-9,11H2,1H3,(H,20,23)(H2,19,21,24). The largest absolute Gasteiger partial charge is 0.469 e. The molecular formula is C17H21N5O4. The van der Waals surface area contributed by atoms with E-state index in [2.05, 4.69) is 26.1 Å². The molecule has 2 aromatic rings. The average molecular weight is 359 g/mol. The number of hydrogen-bond acceptors (Lipinski definition) is 6. The second-order valence-electron chi connectivity index (χ2n) is 5.78. The first-order chi connectivity index (χ1) is 12.6. The van der Waals surface area contributed by atoms with Crippen molar-refractivity contribution in [3.63, 3.8) is 0 Å². The molecule has 26 heavy (non-hydrogen) atoms. The fourth-order valence-corrected chi connectivity index (χ4v) is 2.53. The minimum atomic E-state index is -0.517. The number of rotatable bonds is 4. The lowest BCUT2D eigenvalue weighted by molar-refractivity contribution is 0.0934. The number of urea groups is 1. The Hall–Kier alpha value is -3.07. The first-order valence-electron chi connectivity index (χ1n) is 8.29. The maximum absolute atomic E-state index is 11.9. The Morgan fingerprint density at radius 1 is 1.19 bits per heavy atom. The van der Waals surface area contributed by atoms with Crippen molar-refractivity contribution in [2.24, 2.45) is 0 Å². The van der Waals surface area contributed by atoms with Gasteiger partial charge in [0.05, 0.1) is 25.0 Å². The summed E-state index contributed by atoms with van der Waals surface area (Å²) >= 11 is 0. The van der Waals surface area contributed by atoms with Crippen LogP contribution in [0.15, 0.2) is 35.1 Å². The maximum Gasteiger partial charge on any atom is 0.333 e. The number of hydrazine groups is 1. The van der Waals surface area contributed by atoms with Crippen LogP contribution in [0.3, 0.4) is 0 Å². The van der Waals surface area contributed by atoms with Crippen LogP contribution in [0.1, 0.15) is 21.7 Å². The molecule has 1 aliphatic heterocycles. The Balaban J connectivity index is 1.42. The summed E-state index contributed by atoms with van der Waals surface area (Å²) < 4.78 is 10.4. The summed E-state index contributed by atoms with van der Waals surface area (Å²) in [5.41, 5.74) is 5.84. The Morgan fingerprint density at radius 3 is 2.65 bits per heavy atom. The zero-order valence-electron chi connectivity index (χ0n) is 14.4. The van der Waals surface area contributed by atoms with E-state index in [9.17, 15) is 9.59 Å². The minimum Gasteiger partial charge on any atom is -0.469 e. The van der Waals surface area contributed by atoms with E-state index in [-0.39, 0.29) is 0 Å². The number of hydrogen-bond donors (Lipinski definition) is 3. The van der Waals surface area contributed by atoms with E-state index in [0.29, 0.717) is 31.1 Å². The van der Waals surface area contributed by atoms with Crippen LogP contribution in [0.25, 0.3) is 0 Å². The van der Waals surface area contributed by atoms with Crippen LogP contribution in [-0.4, -0.2) is 43.2 Å². The van der Waals surface area contributed by atoms with Gasteiger partial charge in [0.25, 0.3) is 5.91 Å². The molecule has 0 saturated carbocycles. The highest BCUT2D eigenvalue weighted by Gasteiger charge is 2.13. The molecule has 0 aliphatic carbocycles. The summed E-state index contributed by atoms with van der Waals surface area (Å²) in [5, 5.41) is 2.65. The number of nitrogens with zero attached hydrogens (tertiary/aromatic N) is 2. The van der Waals surface area contributed by atoms with Crippen LogP contribution in [0.2, 0.25) is 0 Å². The molecule has 138 valence electrons. The highest BCUT2D eigenvalue weighted by Crippen LogP contribution is 2.13. The van der Waals surface area contributed by atoms with Gasteiger partial charge in [-0.3, -0.25) is 10.2 Å². The highest BCUT2D eigenvalue weighted by molar-refractivity contribution is 5.96. The second kappa shape index (κ2) is 8.34. The van der Waals surface area contributed by atoms with Gasteiger partial charge in [-0.15, -0.1) is 0 Å². The fraction of sp³-hybridized carbons (Fsp3) is 0.353. The molecule has 1 fully saturated rings. The highest BCUT2D eigenvalue weighted by atomic mass is 16.5. The van der Waals surface area contributed by atoms with Gasteiger partial charge in [0.1, 0.15) is 11.6 Å². The molecule has 2 aromatic heterocycles. The van der Waals surface area contributed by atoms with Crippen LogP contribution in [0.4, 0.5) is 10.6 Å². The minimum absolute atomic E-state index is 0.294. The van der Waals surface area contributed by atoms with Crippen molar-refractivity contribution in [3.8, 4) is 0 Å². The quantitative estimate of drug-likeness (QED) is 0.702. The van der Waals surface area contributed by atoms with E-state index in [0.717, 1.165) is 24.5 Å². The number of morpholine rings is 1. The molecule has 3 rings (SSSR count). The Kier molecular flexibility index (Phi) is 5.69. The van der Waals surface area contributed by atoms with Gasteiger partial charge < -0.3 is 19.4 Å². The zero-order chi connectivity index (χ0) is 18.4. The van der Waals surface area contributed by atoms with Gasteiger partial charge in [-0.25, -0.2) is 15.2 Å². The predicted molar refractivity (Wildman–Crippen MR) is 93.6 cm³/mol. The number of ether oxygens (including phenoxy) is 1. The number of aromatic nitrogens is 1. The van der Waals surface area contributed by atoms with E-state index in [1.54, 1.807) is 13.1 Å². The maximum atomic E-state index is 11.9. The lowest BCUT2D eigenvalue weighted by Gasteiger charge is -2.27. The SMILES string of the molecule is Cc1occc1C(=O)NNC(=O)NCc1ccc(N2CCOCC2)nc1. The van der Waals surface area contributed by atoms with E-state index in [4.69, 9.17) is 9.15 Å². The van der Waals surface area contributed by atoms with Crippen LogP contribution < -0.4 is 21.1 Å². The first-order valence-corrected chi connectivity index (χ1v) is 8.29. The smallest absolute Gasteiger partial charge is 0.333 e. The van der Waals surface area contributed by atoms with Gasteiger partial charge in [0.2, 0.25) is 0 Å². The zero-order valence-corrected chi connectivity index (χ0v) is 14.4. The van der Waals surface area contributed by atoms with Crippen LogP contribution in [0, 0.1) is 6.92 Å². The third-order valence-electron chi connectivity index (χ3n) is 3.99. The van der Waals surface area contributed by atoms with Gasteiger partial charge >= 0.3 is 6.03 Å². The van der Waals surface area contributed by atoms with Crippen molar-refractivity contribution in [1.82, 2.24) is 21.2 Å². The molecule has 0 spiro atoms. The normalized spacial score (nSPS) is 14.0. The van der Waals surface area contributed by atoms with Crippen LogP contribution >= 0.6 is 0 Å². The number of carbonyl (C=O) groups is 2. The summed E-state index contributed by atoms with van der Waals surface area (Å²) in [6, 6.07) is 4.85. The summed E-state index contributed by atoms with van der Waals surface area (Å²) in [6.45, 7) is 5.02. The third kappa shape index (κ3) is 4.51. The molecule has 9 nitrogen and oxygen atoms in total. The van der Waals surface area contributed by atoms with Crippen molar-refractivity contribution in [3.05, 3.63) is 47.5 Å². The average Bonchev–Trinajstić information content (AvgIpc) is 3.11. The van der Waals surface area contributed by atoms with E-state index < -0.39 is 11.9 Å². The van der Waals surface area contributed by atoms with Gasteiger partial charge in [-0.1, -0.05) is 6.07 Å². The summed E-state index contributed by atoms with van der Waals surface area (Å²) in [7, 11) is 0. The molecule has 0 unspecified atom stereocenters. The summed E-state index contributed by atoms with van der Waals surface area (Å²) in [4.78, 5) is 30.2.